The number of thioether (sulfide) groups is 1. The van der Waals surface area contributed by atoms with Crippen LogP contribution in [0, 0.1) is 20.8 Å². The first-order valence-electron chi connectivity index (χ1n) is 10.0. The Labute approximate surface area is 186 Å². The van der Waals surface area contributed by atoms with E-state index in [1.54, 1.807) is 6.08 Å². The van der Waals surface area contributed by atoms with E-state index in [1.807, 2.05) is 56.3 Å². The molecule has 4 nitrogen and oxygen atoms in total. The Balaban J connectivity index is 1.46. The van der Waals surface area contributed by atoms with E-state index in [1.165, 1.54) is 10.5 Å². The number of hydrogen-bond acceptors (Lipinski definition) is 4. The zero-order chi connectivity index (χ0) is 22.0. The molecule has 0 aliphatic carbocycles. The fraction of sp³-hybridized carbons (Fsp3) is 0.154. The molecule has 3 aromatic carbocycles. The van der Waals surface area contributed by atoms with E-state index in [2.05, 4.69) is 31.2 Å². The zero-order valence-corrected chi connectivity index (χ0v) is 18.5. The second-order valence-corrected chi connectivity index (χ2v) is 8.64. The van der Waals surface area contributed by atoms with E-state index in [9.17, 15) is 9.59 Å². The van der Waals surface area contributed by atoms with Crippen LogP contribution in [0.5, 0.6) is 5.75 Å². The van der Waals surface area contributed by atoms with Crippen LogP contribution in [0.25, 0.3) is 6.08 Å². The van der Waals surface area contributed by atoms with Gasteiger partial charge in [-0.2, -0.15) is 0 Å². The highest BCUT2D eigenvalue weighted by Gasteiger charge is 2.36. The molecular formula is C26H23NO3S. The lowest BCUT2D eigenvalue weighted by Crippen LogP contribution is -2.28. The summed E-state index contributed by atoms with van der Waals surface area (Å²) in [5.74, 6) is 0.461. The van der Waals surface area contributed by atoms with Gasteiger partial charge in [-0.1, -0.05) is 59.7 Å². The molecule has 3 aromatic rings. The number of carbonyl (C=O) groups is 2. The summed E-state index contributed by atoms with van der Waals surface area (Å²) in [6.45, 7) is 6.44. The van der Waals surface area contributed by atoms with Gasteiger partial charge in [0.2, 0.25) is 0 Å². The molecular weight excluding hydrogens is 406 g/mol. The first kappa shape index (κ1) is 20.9. The van der Waals surface area contributed by atoms with Gasteiger partial charge in [0.1, 0.15) is 12.4 Å². The van der Waals surface area contributed by atoms with Crippen molar-refractivity contribution >= 4 is 34.7 Å². The summed E-state index contributed by atoms with van der Waals surface area (Å²) in [7, 11) is 0. The van der Waals surface area contributed by atoms with Crippen molar-refractivity contribution in [1.82, 2.24) is 0 Å². The van der Waals surface area contributed by atoms with Crippen LogP contribution >= 0.6 is 11.8 Å². The minimum Gasteiger partial charge on any atom is -0.489 e. The highest BCUT2D eigenvalue weighted by Crippen LogP contribution is 2.37. The van der Waals surface area contributed by atoms with Gasteiger partial charge in [-0.3, -0.25) is 9.59 Å². The molecule has 5 heteroatoms. The Bertz CT molecular complexity index is 1160. The number of benzene rings is 3. The summed E-state index contributed by atoms with van der Waals surface area (Å²) < 4.78 is 5.84. The maximum Gasteiger partial charge on any atom is 0.298 e. The summed E-state index contributed by atoms with van der Waals surface area (Å²) in [6.07, 6.45) is 1.75. The van der Waals surface area contributed by atoms with E-state index in [4.69, 9.17) is 4.74 Å². The molecule has 0 radical (unpaired) electrons. The highest BCUT2D eigenvalue weighted by molar-refractivity contribution is 8.19. The average Bonchev–Trinajstić information content (AvgIpc) is 3.02. The number of aryl methyl sites for hydroxylation is 3. The highest BCUT2D eigenvalue weighted by atomic mass is 32.2. The molecule has 0 bridgehead atoms. The van der Waals surface area contributed by atoms with Gasteiger partial charge in [0, 0.05) is 0 Å². The van der Waals surface area contributed by atoms with Gasteiger partial charge in [-0.05, 0) is 73.5 Å². The molecule has 1 saturated heterocycles. The van der Waals surface area contributed by atoms with Crippen LogP contribution in [0.4, 0.5) is 10.5 Å². The van der Waals surface area contributed by atoms with E-state index in [-0.39, 0.29) is 11.1 Å². The van der Waals surface area contributed by atoms with Gasteiger partial charge < -0.3 is 4.74 Å². The third-order valence-electron chi connectivity index (χ3n) is 5.09. The third-order valence-corrected chi connectivity index (χ3v) is 5.96. The summed E-state index contributed by atoms with van der Waals surface area (Å²) in [5, 5.41) is -0.277. The van der Waals surface area contributed by atoms with E-state index in [0.29, 0.717) is 17.2 Å². The molecule has 2 amide bonds. The first-order valence-corrected chi connectivity index (χ1v) is 10.9. The lowest BCUT2D eigenvalue weighted by molar-refractivity contribution is -0.113. The maximum atomic E-state index is 12.9. The number of hydrogen-bond donors (Lipinski definition) is 0. The van der Waals surface area contributed by atoms with Crippen molar-refractivity contribution in [2.45, 2.75) is 27.4 Å². The minimum atomic E-state index is -0.290. The van der Waals surface area contributed by atoms with Gasteiger partial charge in [0.15, 0.2) is 0 Å². The standard InChI is InChI=1S/C26H23NO3S/c1-17-4-7-21(8-5-17)16-30-22-11-9-20(10-12-22)15-24-25(28)27(26(29)31-24)23-13-6-18(2)14-19(23)3/h4-15H,16H2,1-3H3/b24-15-. The number of rotatable bonds is 5. The molecule has 1 fully saturated rings. The Morgan fingerprint density at radius 1 is 0.871 bits per heavy atom. The van der Waals surface area contributed by atoms with Crippen molar-refractivity contribution < 1.29 is 14.3 Å². The smallest absolute Gasteiger partial charge is 0.298 e. The van der Waals surface area contributed by atoms with Gasteiger partial charge >= 0.3 is 0 Å². The SMILES string of the molecule is Cc1ccc(COc2ccc(/C=C3\SC(=O)N(c4ccc(C)cc4C)C3=O)cc2)cc1. The summed E-state index contributed by atoms with van der Waals surface area (Å²) >= 11 is 0.965. The number of nitrogens with zero attached hydrogens (tertiary/aromatic N) is 1. The molecule has 1 aliphatic rings. The van der Waals surface area contributed by atoms with E-state index >= 15 is 0 Å². The quantitative estimate of drug-likeness (QED) is 0.438. The normalized spacial score (nSPS) is 15.1. The lowest BCUT2D eigenvalue weighted by Gasteiger charge is -2.15. The van der Waals surface area contributed by atoms with Crippen molar-refractivity contribution in [2.24, 2.45) is 0 Å². The molecule has 4 rings (SSSR count). The monoisotopic (exact) mass is 429 g/mol. The average molecular weight is 430 g/mol. The Kier molecular flexibility index (Phi) is 5.96. The predicted molar refractivity (Wildman–Crippen MR) is 126 cm³/mol. The first-order chi connectivity index (χ1) is 14.9. The maximum absolute atomic E-state index is 12.9. The van der Waals surface area contributed by atoms with Crippen LogP contribution in [-0.2, 0) is 11.4 Å². The lowest BCUT2D eigenvalue weighted by atomic mass is 10.1. The van der Waals surface area contributed by atoms with Gasteiger partial charge in [0.25, 0.3) is 11.1 Å². The summed E-state index contributed by atoms with van der Waals surface area (Å²) in [5.41, 5.74) is 5.79. The second kappa shape index (κ2) is 8.82. The van der Waals surface area contributed by atoms with Crippen LogP contribution in [0.3, 0.4) is 0 Å². The molecule has 1 heterocycles. The Morgan fingerprint density at radius 3 is 2.23 bits per heavy atom. The topological polar surface area (TPSA) is 46.6 Å². The largest absolute Gasteiger partial charge is 0.489 e. The molecule has 0 atom stereocenters. The van der Waals surface area contributed by atoms with Gasteiger partial charge in [0.05, 0.1) is 10.6 Å². The van der Waals surface area contributed by atoms with Crippen LogP contribution in [-0.4, -0.2) is 11.1 Å². The molecule has 0 spiro atoms. The number of amides is 2. The van der Waals surface area contributed by atoms with Crippen LogP contribution in [0.1, 0.15) is 27.8 Å². The number of ether oxygens (including phenoxy) is 1. The molecule has 0 unspecified atom stereocenters. The molecule has 31 heavy (non-hydrogen) atoms. The van der Waals surface area contributed by atoms with Crippen LogP contribution in [0.2, 0.25) is 0 Å². The van der Waals surface area contributed by atoms with Gasteiger partial charge in [-0.15, -0.1) is 0 Å². The number of carbonyl (C=O) groups excluding carboxylic acids is 2. The van der Waals surface area contributed by atoms with Crippen LogP contribution < -0.4 is 9.64 Å². The van der Waals surface area contributed by atoms with E-state index < -0.39 is 0 Å². The zero-order valence-electron chi connectivity index (χ0n) is 17.7. The van der Waals surface area contributed by atoms with Crippen molar-refractivity contribution in [1.29, 1.82) is 0 Å². The van der Waals surface area contributed by atoms with Crippen molar-refractivity contribution in [3.8, 4) is 5.75 Å². The van der Waals surface area contributed by atoms with Crippen LogP contribution in [0.15, 0.2) is 71.6 Å². The molecule has 0 saturated carbocycles. The summed E-state index contributed by atoms with van der Waals surface area (Å²) in [6, 6.07) is 21.4. The predicted octanol–water partition coefficient (Wildman–Crippen LogP) is 6.43. The second-order valence-electron chi connectivity index (χ2n) is 7.65. The summed E-state index contributed by atoms with van der Waals surface area (Å²) in [4.78, 5) is 27.1. The Morgan fingerprint density at radius 2 is 1.55 bits per heavy atom. The Hall–Kier alpha value is -3.31. The molecule has 0 N–H and O–H groups in total. The molecule has 1 aliphatic heterocycles. The fourth-order valence-corrected chi connectivity index (χ4v) is 4.23. The van der Waals surface area contributed by atoms with E-state index in [0.717, 1.165) is 39.8 Å². The van der Waals surface area contributed by atoms with Crippen molar-refractivity contribution in [2.75, 3.05) is 4.90 Å². The number of imide groups is 1. The van der Waals surface area contributed by atoms with Crippen molar-refractivity contribution in [3.63, 3.8) is 0 Å². The third kappa shape index (κ3) is 4.72. The fourth-order valence-electron chi connectivity index (χ4n) is 3.39. The van der Waals surface area contributed by atoms with Gasteiger partial charge in [-0.25, -0.2) is 4.90 Å². The molecule has 156 valence electrons. The molecule has 0 aromatic heterocycles. The van der Waals surface area contributed by atoms with Crippen molar-refractivity contribution in [3.05, 3.63) is 99.5 Å². The number of anilines is 1. The minimum absolute atomic E-state index is 0.277.